The van der Waals surface area contributed by atoms with Crippen LogP contribution in [0.15, 0.2) is 40.0 Å². The van der Waals surface area contributed by atoms with Gasteiger partial charge in [0.1, 0.15) is 0 Å². The van der Waals surface area contributed by atoms with Crippen molar-refractivity contribution in [3.63, 3.8) is 0 Å². The molecule has 0 aromatic carbocycles. The number of likely N-dealkylation sites (N-methyl/N-ethyl adjacent to an activating group) is 1. The largest absolute Gasteiger partial charge is 0.350 e. The Morgan fingerprint density at radius 2 is 2.09 bits per heavy atom. The Bertz CT molecular complexity index is 690. The normalized spacial score (nSPS) is 12.3. The maximum atomic E-state index is 12.3. The van der Waals surface area contributed by atoms with Crippen LogP contribution in [0.25, 0.3) is 0 Å². The average Bonchev–Trinajstić information content (AvgIpc) is 3.07. The highest BCUT2D eigenvalue weighted by Crippen LogP contribution is 2.22. The molecule has 0 spiro atoms. The van der Waals surface area contributed by atoms with Gasteiger partial charge in [-0.2, -0.15) is 11.3 Å². The second-order valence-corrected chi connectivity index (χ2v) is 6.15. The maximum absolute atomic E-state index is 12.3. The van der Waals surface area contributed by atoms with Crippen LogP contribution >= 0.6 is 11.3 Å². The van der Waals surface area contributed by atoms with Crippen molar-refractivity contribution in [1.29, 1.82) is 0 Å². The second kappa shape index (κ2) is 8.08. The molecule has 23 heavy (non-hydrogen) atoms. The van der Waals surface area contributed by atoms with Crippen LogP contribution in [0.1, 0.15) is 35.8 Å². The molecule has 0 aliphatic heterocycles. The molecular formula is C17H23N3O2S. The highest BCUT2D eigenvalue weighted by molar-refractivity contribution is 7.07. The molecule has 1 atom stereocenters. The summed E-state index contributed by atoms with van der Waals surface area (Å²) in [5, 5.41) is 7.13. The third-order valence-electron chi connectivity index (χ3n) is 4.00. The molecule has 0 unspecified atom stereocenters. The Labute approximate surface area is 140 Å². The monoisotopic (exact) mass is 333 g/mol. The number of rotatable bonds is 7. The van der Waals surface area contributed by atoms with Gasteiger partial charge < -0.3 is 9.88 Å². The predicted octanol–water partition coefficient (Wildman–Crippen LogP) is 2.26. The van der Waals surface area contributed by atoms with Gasteiger partial charge in [-0.1, -0.05) is 13.8 Å². The number of nitrogens with zero attached hydrogens (tertiary/aromatic N) is 2. The van der Waals surface area contributed by atoms with E-state index in [1.165, 1.54) is 16.2 Å². The first-order valence-electron chi connectivity index (χ1n) is 7.77. The van der Waals surface area contributed by atoms with Gasteiger partial charge in [0.05, 0.1) is 6.04 Å². The third kappa shape index (κ3) is 4.30. The Kier molecular flexibility index (Phi) is 6.12. The molecular weight excluding hydrogens is 310 g/mol. The number of thiophene rings is 1. The van der Waals surface area contributed by atoms with Crippen LogP contribution in [-0.2, 0) is 7.05 Å². The van der Waals surface area contributed by atoms with Crippen LogP contribution in [0.4, 0.5) is 0 Å². The summed E-state index contributed by atoms with van der Waals surface area (Å²) in [6, 6.07) is 5.27. The molecule has 0 saturated heterocycles. The van der Waals surface area contributed by atoms with E-state index >= 15 is 0 Å². The zero-order valence-corrected chi connectivity index (χ0v) is 14.6. The number of nitrogens with one attached hydrogen (secondary N) is 1. The Morgan fingerprint density at radius 3 is 2.65 bits per heavy atom. The lowest BCUT2D eigenvalue weighted by Gasteiger charge is -2.29. The number of hydrogen-bond acceptors (Lipinski definition) is 4. The first-order chi connectivity index (χ1) is 11.1. The fourth-order valence-electron chi connectivity index (χ4n) is 2.57. The second-order valence-electron chi connectivity index (χ2n) is 5.37. The molecule has 2 rings (SSSR count). The van der Waals surface area contributed by atoms with Gasteiger partial charge in [-0.3, -0.25) is 14.5 Å². The molecule has 1 N–H and O–H groups in total. The van der Waals surface area contributed by atoms with E-state index in [0.29, 0.717) is 12.1 Å². The molecule has 0 fully saturated rings. The Morgan fingerprint density at radius 1 is 1.35 bits per heavy atom. The standard InChI is InChI=1S/C17H23N3O2S/c1-4-20(5-2)15(14-7-9-23-12-14)11-18-17(22)13-6-8-19(3)16(21)10-13/h6-10,12,15H,4-5,11H2,1-3H3,(H,18,22)/t15-/m0/s1. The topological polar surface area (TPSA) is 54.3 Å². The number of amides is 1. The van der Waals surface area contributed by atoms with Crippen molar-refractivity contribution in [3.8, 4) is 0 Å². The fraction of sp³-hybridized carbons (Fsp3) is 0.412. The molecule has 1 amide bonds. The van der Waals surface area contributed by atoms with Crippen molar-refractivity contribution in [2.75, 3.05) is 19.6 Å². The maximum Gasteiger partial charge on any atom is 0.251 e. The van der Waals surface area contributed by atoms with Crippen molar-refractivity contribution >= 4 is 17.2 Å². The third-order valence-corrected chi connectivity index (χ3v) is 4.71. The van der Waals surface area contributed by atoms with Gasteiger partial charge in [0.25, 0.3) is 11.5 Å². The van der Waals surface area contributed by atoms with E-state index in [1.807, 2.05) is 0 Å². The summed E-state index contributed by atoms with van der Waals surface area (Å²) in [4.78, 5) is 26.3. The van der Waals surface area contributed by atoms with Crippen molar-refractivity contribution in [1.82, 2.24) is 14.8 Å². The predicted molar refractivity (Wildman–Crippen MR) is 94.0 cm³/mol. The van der Waals surface area contributed by atoms with E-state index in [4.69, 9.17) is 0 Å². The number of hydrogen-bond donors (Lipinski definition) is 1. The zero-order chi connectivity index (χ0) is 16.8. The van der Waals surface area contributed by atoms with Crippen molar-refractivity contribution in [2.45, 2.75) is 19.9 Å². The highest BCUT2D eigenvalue weighted by Gasteiger charge is 2.19. The Hall–Kier alpha value is -1.92. The number of aryl methyl sites for hydroxylation is 1. The molecule has 2 heterocycles. The highest BCUT2D eigenvalue weighted by atomic mass is 32.1. The van der Waals surface area contributed by atoms with E-state index in [9.17, 15) is 9.59 Å². The lowest BCUT2D eigenvalue weighted by Crippen LogP contribution is -2.38. The minimum absolute atomic E-state index is 0.145. The van der Waals surface area contributed by atoms with Crippen LogP contribution in [0.5, 0.6) is 0 Å². The summed E-state index contributed by atoms with van der Waals surface area (Å²) < 4.78 is 1.45. The van der Waals surface area contributed by atoms with Gasteiger partial charge in [0.2, 0.25) is 0 Å². The molecule has 0 bridgehead atoms. The Balaban J connectivity index is 2.10. The minimum Gasteiger partial charge on any atom is -0.350 e. The number of aromatic nitrogens is 1. The van der Waals surface area contributed by atoms with Gasteiger partial charge in [0.15, 0.2) is 0 Å². The first-order valence-corrected chi connectivity index (χ1v) is 8.72. The number of carbonyl (C=O) groups excluding carboxylic acids is 1. The van der Waals surface area contributed by atoms with Gasteiger partial charge >= 0.3 is 0 Å². The quantitative estimate of drug-likeness (QED) is 0.845. The average molecular weight is 333 g/mol. The summed E-state index contributed by atoms with van der Waals surface area (Å²) in [6.45, 7) is 6.58. The van der Waals surface area contributed by atoms with Crippen molar-refractivity contribution < 1.29 is 4.79 Å². The van der Waals surface area contributed by atoms with E-state index in [2.05, 4.69) is 40.9 Å². The molecule has 0 aliphatic carbocycles. The molecule has 2 aromatic rings. The van der Waals surface area contributed by atoms with Crippen LogP contribution in [0.2, 0.25) is 0 Å². The molecule has 0 saturated carbocycles. The molecule has 0 radical (unpaired) electrons. The zero-order valence-electron chi connectivity index (χ0n) is 13.8. The van der Waals surface area contributed by atoms with E-state index < -0.39 is 0 Å². The summed E-state index contributed by atoms with van der Waals surface area (Å²) in [6.07, 6.45) is 1.61. The van der Waals surface area contributed by atoms with Crippen molar-refractivity contribution in [2.24, 2.45) is 7.05 Å². The van der Waals surface area contributed by atoms with E-state index in [-0.39, 0.29) is 17.5 Å². The van der Waals surface area contributed by atoms with Gasteiger partial charge in [-0.15, -0.1) is 0 Å². The molecule has 6 heteroatoms. The smallest absolute Gasteiger partial charge is 0.251 e. The number of carbonyl (C=O) groups is 1. The summed E-state index contributed by atoms with van der Waals surface area (Å²) in [7, 11) is 1.66. The lowest BCUT2D eigenvalue weighted by molar-refractivity contribution is 0.0934. The summed E-state index contributed by atoms with van der Waals surface area (Å²) in [5.41, 5.74) is 1.43. The molecule has 124 valence electrons. The van der Waals surface area contributed by atoms with Gasteiger partial charge in [0, 0.05) is 31.4 Å². The van der Waals surface area contributed by atoms with E-state index in [1.54, 1.807) is 30.6 Å². The number of pyridine rings is 1. The minimum atomic E-state index is -0.213. The molecule has 0 aliphatic rings. The van der Waals surface area contributed by atoms with Crippen molar-refractivity contribution in [3.05, 3.63) is 56.6 Å². The summed E-state index contributed by atoms with van der Waals surface area (Å²) in [5.74, 6) is -0.213. The van der Waals surface area contributed by atoms with Gasteiger partial charge in [-0.25, -0.2) is 0 Å². The van der Waals surface area contributed by atoms with E-state index in [0.717, 1.165) is 13.1 Å². The fourth-order valence-corrected chi connectivity index (χ4v) is 3.27. The molecule has 5 nitrogen and oxygen atoms in total. The van der Waals surface area contributed by atoms with Crippen LogP contribution in [-0.4, -0.2) is 35.0 Å². The van der Waals surface area contributed by atoms with Gasteiger partial charge in [-0.05, 0) is 41.5 Å². The summed E-state index contributed by atoms with van der Waals surface area (Å²) >= 11 is 1.66. The van der Waals surface area contributed by atoms with Crippen LogP contribution in [0, 0.1) is 0 Å². The molecule has 2 aromatic heterocycles. The first kappa shape index (κ1) is 17.4. The SMILES string of the molecule is CCN(CC)[C@@H](CNC(=O)c1ccn(C)c(=O)c1)c1ccsc1. The lowest BCUT2D eigenvalue weighted by atomic mass is 10.1. The van der Waals surface area contributed by atoms with Crippen LogP contribution in [0.3, 0.4) is 0 Å². The van der Waals surface area contributed by atoms with Crippen LogP contribution < -0.4 is 10.9 Å².